The van der Waals surface area contributed by atoms with E-state index in [0.717, 1.165) is 61.0 Å². The molecule has 2 aromatic heterocycles. The van der Waals surface area contributed by atoms with Crippen molar-refractivity contribution < 1.29 is 0 Å². The number of hydrogen-bond acceptors (Lipinski definition) is 3. The van der Waals surface area contributed by atoms with Gasteiger partial charge in [-0.15, -0.1) is 0 Å². The molecule has 1 N–H and O–H groups in total. The number of aromatic nitrogens is 2. The Balaban J connectivity index is 1.03. The molecule has 48 heavy (non-hydrogen) atoms. The summed E-state index contributed by atoms with van der Waals surface area (Å²) < 4.78 is 0. The van der Waals surface area contributed by atoms with Crippen molar-refractivity contribution in [2.24, 2.45) is 0 Å². The summed E-state index contributed by atoms with van der Waals surface area (Å²) in [7, 11) is 0. The van der Waals surface area contributed by atoms with Gasteiger partial charge in [-0.3, -0.25) is 9.97 Å². The van der Waals surface area contributed by atoms with Crippen molar-refractivity contribution in [1.82, 2.24) is 15.3 Å². The zero-order valence-electron chi connectivity index (χ0n) is 27.3. The maximum atomic E-state index is 4.77. The molecule has 3 nitrogen and oxygen atoms in total. The molecule has 0 saturated carbocycles. The van der Waals surface area contributed by atoms with Crippen molar-refractivity contribution in [1.29, 1.82) is 0 Å². The minimum atomic E-state index is 0.234. The molecular formula is C45H41N3. The van der Waals surface area contributed by atoms with Crippen molar-refractivity contribution in [3.63, 3.8) is 0 Å². The largest absolute Gasteiger partial charge is 0.380 e. The van der Waals surface area contributed by atoms with Crippen LogP contribution in [0.3, 0.4) is 0 Å². The van der Waals surface area contributed by atoms with Gasteiger partial charge in [0, 0.05) is 29.7 Å². The molecule has 0 fully saturated rings. The van der Waals surface area contributed by atoms with Crippen LogP contribution >= 0.6 is 0 Å². The maximum Gasteiger partial charge on any atom is 0.0702 e. The fourth-order valence-electron chi connectivity index (χ4n) is 6.39. The molecule has 0 saturated heterocycles. The fraction of sp³-hybridized carbons (Fsp3) is 0.156. The number of nitrogens with zero attached hydrogens (tertiary/aromatic N) is 2. The lowest BCUT2D eigenvalue weighted by Gasteiger charge is -2.19. The number of aryl methyl sites for hydroxylation is 5. The first-order valence-electron chi connectivity index (χ1n) is 17.1. The predicted molar refractivity (Wildman–Crippen MR) is 198 cm³/mol. The first-order valence-corrected chi connectivity index (χ1v) is 17.1. The Kier molecular flexibility index (Phi) is 9.95. The highest BCUT2D eigenvalue weighted by atomic mass is 14.9. The Hall–Kier alpha value is -5.54. The first kappa shape index (κ1) is 31.1. The molecule has 1 atom stereocenters. The van der Waals surface area contributed by atoms with E-state index in [9.17, 15) is 0 Å². The Morgan fingerprint density at radius 2 is 0.917 bits per heavy atom. The molecule has 1 unspecified atom stereocenters. The van der Waals surface area contributed by atoms with Crippen molar-refractivity contribution >= 4 is 0 Å². The van der Waals surface area contributed by atoms with Crippen LogP contribution in [0.1, 0.15) is 45.8 Å². The average molecular weight is 624 g/mol. The number of benzene rings is 4. The van der Waals surface area contributed by atoms with Gasteiger partial charge in [0.1, 0.15) is 0 Å². The van der Waals surface area contributed by atoms with E-state index in [2.05, 4.69) is 145 Å². The lowest BCUT2D eigenvalue weighted by atomic mass is 9.94. The zero-order valence-corrected chi connectivity index (χ0v) is 27.3. The van der Waals surface area contributed by atoms with Gasteiger partial charge in [0.2, 0.25) is 0 Å². The summed E-state index contributed by atoms with van der Waals surface area (Å²) in [4.78, 5) is 9.53. The van der Waals surface area contributed by atoms with Gasteiger partial charge < -0.3 is 5.32 Å². The van der Waals surface area contributed by atoms with Gasteiger partial charge in [0.15, 0.2) is 0 Å². The minimum absolute atomic E-state index is 0.234. The molecule has 6 aromatic rings. The predicted octanol–water partition coefficient (Wildman–Crippen LogP) is 10.1. The topological polar surface area (TPSA) is 37.8 Å². The molecule has 0 aliphatic carbocycles. The van der Waals surface area contributed by atoms with Crippen molar-refractivity contribution in [3.05, 3.63) is 203 Å². The molecule has 0 spiro atoms. The molecule has 1 aliphatic heterocycles. The number of hydrogen-bond donors (Lipinski definition) is 1. The van der Waals surface area contributed by atoms with Crippen LogP contribution in [0.4, 0.5) is 0 Å². The van der Waals surface area contributed by atoms with Gasteiger partial charge in [0.25, 0.3) is 0 Å². The van der Waals surface area contributed by atoms with Gasteiger partial charge >= 0.3 is 0 Å². The van der Waals surface area contributed by atoms with Crippen LogP contribution < -0.4 is 5.32 Å². The third kappa shape index (κ3) is 8.24. The SMILES string of the molecule is C1=CC(c2ccccc2)NC=C1CCc1cc(CCc2ccc(-c3ccccc3)nc2)cc(CCc2ccc(-c3ccccc3)nc2)c1. The second kappa shape index (κ2) is 15.4. The van der Waals surface area contributed by atoms with Crippen LogP contribution in [-0.4, -0.2) is 9.97 Å². The van der Waals surface area contributed by atoms with E-state index < -0.39 is 0 Å². The van der Waals surface area contributed by atoms with Crippen LogP contribution in [0.5, 0.6) is 0 Å². The van der Waals surface area contributed by atoms with E-state index >= 15 is 0 Å². The second-order valence-electron chi connectivity index (χ2n) is 12.6. The van der Waals surface area contributed by atoms with Crippen LogP contribution in [0.15, 0.2) is 170 Å². The van der Waals surface area contributed by atoms with Crippen molar-refractivity contribution in [3.8, 4) is 22.5 Å². The maximum absolute atomic E-state index is 4.77. The number of rotatable bonds is 12. The quantitative estimate of drug-likeness (QED) is 0.147. The van der Waals surface area contributed by atoms with Crippen molar-refractivity contribution in [2.75, 3.05) is 0 Å². The zero-order chi connectivity index (χ0) is 32.4. The summed E-state index contributed by atoms with van der Waals surface area (Å²) in [5, 5.41) is 3.59. The number of dihydropyridines is 1. The summed E-state index contributed by atoms with van der Waals surface area (Å²) in [6.07, 6.45) is 16.8. The average Bonchev–Trinajstić information content (AvgIpc) is 3.17. The lowest BCUT2D eigenvalue weighted by molar-refractivity contribution is 0.729. The van der Waals surface area contributed by atoms with Gasteiger partial charge in [0.05, 0.1) is 17.4 Å². The first-order chi connectivity index (χ1) is 23.7. The fourth-order valence-corrected chi connectivity index (χ4v) is 6.39. The van der Waals surface area contributed by atoms with Gasteiger partial charge in [-0.2, -0.15) is 0 Å². The van der Waals surface area contributed by atoms with Crippen LogP contribution in [-0.2, 0) is 32.1 Å². The van der Waals surface area contributed by atoms with E-state index in [-0.39, 0.29) is 6.04 Å². The Morgan fingerprint density at radius 3 is 1.35 bits per heavy atom. The normalized spacial score (nSPS) is 13.9. The molecule has 0 bridgehead atoms. The Labute approximate surface area is 284 Å². The summed E-state index contributed by atoms with van der Waals surface area (Å²) in [5.74, 6) is 0. The van der Waals surface area contributed by atoms with Crippen LogP contribution in [0, 0.1) is 0 Å². The molecule has 0 amide bonds. The summed E-state index contributed by atoms with van der Waals surface area (Å²) >= 11 is 0. The van der Waals surface area contributed by atoms with E-state index in [4.69, 9.17) is 9.97 Å². The van der Waals surface area contributed by atoms with Crippen LogP contribution in [0.2, 0.25) is 0 Å². The molecule has 3 heteroatoms. The molecule has 7 rings (SSSR count). The van der Waals surface area contributed by atoms with Crippen LogP contribution in [0.25, 0.3) is 22.5 Å². The number of pyridine rings is 2. The monoisotopic (exact) mass is 623 g/mol. The molecule has 0 radical (unpaired) electrons. The highest BCUT2D eigenvalue weighted by Crippen LogP contribution is 2.24. The lowest BCUT2D eigenvalue weighted by Crippen LogP contribution is -2.16. The highest BCUT2D eigenvalue weighted by Gasteiger charge is 2.11. The smallest absolute Gasteiger partial charge is 0.0702 e. The third-order valence-electron chi connectivity index (χ3n) is 9.12. The number of nitrogens with one attached hydrogen (secondary N) is 1. The Morgan fingerprint density at radius 1 is 0.458 bits per heavy atom. The van der Waals surface area contributed by atoms with Crippen molar-refractivity contribution in [2.45, 2.75) is 44.6 Å². The van der Waals surface area contributed by atoms with E-state index in [0.29, 0.717) is 0 Å². The summed E-state index contributed by atoms with van der Waals surface area (Å²) in [6.45, 7) is 0. The van der Waals surface area contributed by atoms with Gasteiger partial charge in [-0.25, -0.2) is 0 Å². The molecule has 236 valence electrons. The molecular weight excluding hydrogens is 583 g/mol. The highest BCUT2D eigenvalue weighted by molar-refractivity contribution is 5.59. The van der Waals surface area contributed by atoms with E-state index in [1.807, 2.05) is 24.5 Å². The van der Waals surface area contributed by atoms with Gasteiger partial charge in [-0.1, -0.05) is 133 Å². The minimum Gasteiger partial charge on any atom is -0.380 e. The van der Waals surface area contributed by atoms with E-state index in [1.54, 1.807) is 0 Å². The summed E-state index contributed by atoms with van der Waals surface area (Å²) in [6, 6.07) is 47.6. The summed E-state index contributed by atoms with van der Waals surface area (Å²) in [5.41, 5.74) is 13.7. The molecule has 1 aliphatic rings. The molecule has 3 heterocycles. The number of allylic oxidation sites excluding steroid dienone is 2. The Bertz CT molecular complexity index is 1860. The third-order valence-corrected chi connectivity index (χ3v) is 9.12. The van der Waals surface area contributed by atoms with E-state index in [1.165, 1.54) is 39.0 Å². The molecule has 4 aromatic carbocycles. The second-order valence-corrected chi connectivity index (χ2v) is 12.6. The van der Waals surface area contributed by atoms with Gasteiger partial charge in [-0.05, 0) is 89.6 Å². The standard InChI is InChI=1S/C45H41N3/c1-4-10-40(11-5-1)43-25-22-34(31-46-43)16-19-37-28-38(20-17-35-23-26-44(47-32-35)41-12-6-2-7-13-41)30-39(29-37)21-18-36-24-27-45(48-33-36)42-14-8-3-9-15-42/h1-15,22-33,43,46H,16-21H2.